The van der Waals surface area contributed by atoms with Gasteiger partial charge in [-0.15, -0.1) is 0 Å². The number of anilines is 1. The van der Waals surface area contributed by atoms with Crippen molar-refractivity contribution in [2.45, 2.75) is 12.3 Å². The maximum Gasteiger partial charge on any atom is 0.339 e. The van der Waals surface area contributed by atoms with E-state index in [1.807, 2.05) is 24.3 Å². The molecule has 0 saturated heterocycles. The Balaban J connectivity index is 1.76. The Hall–Kier alpha value is -3.02. The van der Waals surface area contributed by atoms with Crippen molar-refractivity contribution in [2.24, 2.45) is 0 Å². The first kappa shape index (κ1) is 13.6. The normalized spacial score (nSPS) is 17.7. The molecule has 2 N–H and O–H groups in total. The fraction of sp³-hybridized carbons (Fsp3) is 0.176. The van der Waals surface area contributed by atoms with Gasteiger partial charge in [-0.3, -0.25) is 4.79 Å². The van der Waals surface area contributed by atoms with E-state index in [2.05, 4.69) is 5.32 Å². The SMILES string of the molecule is O=C(O)c1c(C[C@@H]2C(=O)Nc3ccccc32)ccc2c1OCO2. The molecule has 0 bridgehead atoms. The molecule has 2 aromatic carbocycles. The molecule has 0 fully saturated rings. The third-order valence-electron chi connectivity index (χ3n) is 4.17. The third kappa shape index (κ3) is 2.11. The van der Waals surface area contributed by atoms with Crippen LogP contribution in [0, 0.1) is 0 Å². The summed E-state index contributed by atoms with van der Waals surface area (Å²) in [5, 5.41) is 12.4. The predicted octanol–water partition coefficient (Wildman–Crippen LogP) is 2.39. The number of aromatic carboxylic acids is 1. The van der Waals surface area contributed by atoms with Gasteiger partial charge in [0.2, 0.25) is 12.7 Å². The van der Waals surface area contributed by atoms with Crippen molar-refractivity contribution >= 4 is 17.6 Å². The molecule has 2 aromatic rings. The average molecular weight is 311 g/mol. The highest BCUT2D eigenvalue weighted by atomic mass is 16.7. The van der Waals surface area contributed by atoms with Gasteiger partial charge in [-0.1, -0.05) is 24.3 Å². The van der Waals surface area contributed by atoms with Gasteiger partial charge in [0.1, 0.15) is 5.56 Å². The van der Waals surface area contributed by atoms with E-state index in [4.69, 9.17) is 9.47 Å². The Kier molecular flexibility index (Phi) is 2.97. The van der Waals surface area contributed by atoms with Crippen LogP contribution in [0.2, 0.25) is 0 Å². The summed E-state index contributed by atoms with van der Waals surface area (Å²) < 4.78 is 10.5. The van der Waals surface area contributed by atoms with Crippen LogP contribution in [0.4, 0.5) is 5.69 Å². The highest BCUT2D eigenvalue weighted by Gasteiger charge is 2.33. The zero-order valence-electron chi connectivity index (χ0n) is 12.0. The van der Waals surface area contributed by atoms with Crippen molar-refractivity contribution in [2.75, 3.05) is 12.1 Å². The van der Waals surface area contributed by atoms with Crippen LogP contribution in [0.1, 0.15) is 27.4 Å². The first-order valence-corrected chi connectivity index (χ1v) is 7.19. The molecule has 4 rings (SSSR count). The number of carboxylic acids is 1. The van der Waals surface area contributed by atoms with Crippen molar-refractivity contribution in [3.05, 3.63) is 53.1 Å². The van der Waals surface area contributed by atoms with Gasteiger partial charge >= 0.3 is 5.97 Å². The number of benzene rings is 2. The fourth-order valence-corrected chi connectivity index (χ4v) is 3.12. The molecule has 0 spiro atoms. The minimum absolute atomic E-state index is 0.00577. The van der Waals surface area contributed by atoms with Crippen molar-refractivity contribution in [3.63, 3.8) is 0 Å². The minimum Gasteiger partial charge on any atom is -0.478 e. The molecule has 23 heavy (non-hydrogen) atoms. The highest BCUT2D eigenvalue weighted by molar-refractivity contribution is 6.03. The summed E-state index contributed by atoms with van der Waals surface area (Å²) in [5.74, 6) is -0.969. The zero-order chi connectivity index (χ0) is 16.0. The topological polar surface area (TPSA) is 84.9 Å². The van der Waals surface area contributed by atoms with Gasteiger partial charge in [0, 0.05) is 5.69 Å². The number of carbonyl (C=O) groups is 2. The van der Waals surface area contributed by atoms with Gasteiger partial charge in [-0.05, 0) is 29.7 Å². The van der Waals surface area contributed by atoms with Crippen LogP contribution < -0.4 is 14.8 Å². The summed E-state index contributed by atoms with van der Waals surface area (Å²) in [6.07, 6.45) is 0.293. The second kappa shape index (κ2) is 5.01. The lowest BCUT2D eigenvalue weighted by molar-refractivity contribution is -0.117. The Morgan fingerprint density at radius 2 is 2.04 bits per heavy atom. The molecule has 2 aliphatic heterocycles. The Morgan fingerprint density at radius 3 is 2.87 bits per heavy atom. The summed E-state index contributed by atoms with van der Waals surface area (Å²) in [6.45, 7) is 0.00577. The number of ether oxygens (including phenoxy) is 2. The molecule has 2 heterocycles. The summed E-state index contributed by atoms with van der Waals surface area (Å²) in [7, 11) is 0. The van der Waals surface area contributed by atoms with E-state index in [1.165, 1.54) is 0 Å². The van der Waals surface area contributed by atoms with Crippen molar-refractivity contribution in [3.8, 4) is 11.5 Å². The Bertz CT molecular complexity index is 830. The minimum atomic E-state index is -1.09. The molecule has 0 aliphatic carbocycles. The maximum atomic E-state index is 12.2. The van der Waals surface area contributed by atoms with E-state index in [9.17, 15) is 14.7 Å². The molecule has 6 heteroatoms. The molecular weight excluding hydrogens is 298 g/mol. The van der Waals surface area contributed by atoms with Crippen LogP contribution in [0.5, 0.6) is 11.5 Å². The van der Waals surface area contributed by atoms with E-state index >= 15 is 0 Å². The molecule has 2 aliphatic rings. The molecule has 6 nitrogen and oxygen atoms in total. The predicted molar refractivity (Wildman–Crippen MR) is 81.0 cm³/mol. The highest BCUT2D eigenvalue weighted by Crippen LogP contribution is 2.41. The standard InChI is InChI=1S/C17H13NO5/c19-16-11(10-3-1-2-4-12(10)18-16)7-9-5-6-13-15(23-8-22-13)14(9)17(20)21/h1-6,11H,7-8H2,(H,18,19)(H,20,21)/t11-/m0/s1. The lowest BCUT2D eigenvalue weighted by Gasteiger charge is -2.13. The number of rotatable bonds is 3. The number of amides is 1. The lowest BCUT2D eigenvalue weighted by Crippen LogP contribution is -2.16. The number of fused-ring (bicyclic) bond motifs is 2. The molecule has 1 amide bonds. The van der Waals surface area contributed by atoms with E-state index in [0.29, 0.717) is 17.7 Å². The molecule has 0 saturated carbocycles. The summed E-state index contributed by atoms with van der Waals surface area (Å²) in [5.41, 5.74) is 2.28. The molecule has 1 atom stereocenters. The second-order valence-electron chi connectivity index (χ2n) is 5.47. The number of carboxylic acid groups (broad SMARTS) is 1. The van der Waals surface area contributed by atoms with Crippen LogP contribution in [0.25, 0.3) is 0 Å². The quantitative estimate of drug-likeness (QED) is 0.909. The first-order chi connectivity index (χ1) is 11.1. The van der Waals surface area contributed by atoms with Crippen LogP contribution >= 0.6 is 0 Å². The summed E-state index contributed by atoms with van der Waals surface area (Å²) in [6, 6.07) is 10.8. The van der Waals surface area contributed by atoms with E-state index in [-0.39, 0.29) is 24.0 Å². The number of nitrogens with one attached hydrogen (secondary N) is 1. The van der Waals surface area contributed by atoms with E-state index < -0.39 is 11.9 Å². The van der Waals surface area contributed by atoms with Gasteiger partial charge < -0.3 is 19.9 Å². The van der Waals surface area contributed by atoms with Crippen molar-refractivity contribution in [1.29, 1.82) is 0 Å². The van der Waals surface area contributed by atoms with Crippen LogP contribution in [-0.2, 0) is 11.2 Å². The van der Waals surface area contributed by atoms with Crippen LogP contribution in [0.15, 0.2) is 36.4 Å². The monoisotopic (exact) mass is 311 g/mol. The Labute approximate surface area is 131 Å². The largest absolute Gasteiger partial charge is 0.478 e. The first-order valence-electron chi connectivity index (χ1n) is 7.19. The lowest BCUT2D eigenvalue weighted by atomic mass is 9.90. The van der Waals surface area contributed by atoms with Crippen LogP contribution in [-0.4, -0.2) is 23.8 Å². The molecule has 0 radical (unpaired) electrons. The van der Waals surface area contributed by atoms with Crippen LogP contribution in [0.3, 0.4) is 0 Å². The maximum absolute atomic E-state index is 12.2. The summed E-state index contributed by atoms with van der Waals surface area (Å²) >= 11 is 0. The number of hydrogen-bond donors (Lipinski definition) is 2. The van der Waals surface area contributed by atoms with Gasteiger partial charge in [-0.25, -0.2) is 4.79 Å². The van der Waals surface area contributed by atoms with Gasteiger partial charge in [-0.2, -0.15) is 0 Å². The van der Waals surface area contributed by atoms with Gasteiger partial charge in [0.15, 0.2) is 11.5 Å². The summed E-state index contributed by atoms with van der Waals surface area (Å²) in [4.78, 5) is 23.9. The van der Waals surface area contributed by atoms with Gasteiger partial charge in [0.05, 0.1) is 5.92 Å². The Morgan fingerprint density at radius 1 is 1.22 bits per heavy atom. The molecule has 0 unspecified atom stereocenters. The third-order valence-corrected chi connectivity index (χ3v) is 4.17. The molecular formula is C17H13NO5. The second-order valence-corrected chi connectivity index (χ2v) is 5.47. The molecule has 0 aromatic heterocycles. The number of hydrogen-bond acceptors (Lipinski definition) is 4. The van der Waals surface area contributed by atoms with Gasteiger partial charge in [0.25, 0.3) is 0 Å². The van der Waals surface area contributed by atoms with E-state index in [1.54, 1.807) is 12.1 Å². The smallest absolute Gasteiger partial charge is 0.339 e. The molecule has 116 valence electrons. The fourth-order valence-electron chi connectivity index (χ4n) is 3.12. The number of carbonyl (C=O) groups excluding carboxylic acids is 1. The van der Waals surface area contributed by atoms with Crippen molar-refractivity contribution in [1.82, 2.24) is 0 Å². The van der Waals surface area contributed by atoms with Crippen molar-refractivity contribution < 1.29 is 24.2 Å². The average Bonchev–Trinajstić information content (AvgIpc) is 3.11. The number of para-hydroxylation sites is 1. The van der Waals surface area contributed by atoms with E-state index in [0.717, 1.165) is 11.3 Å². The zero-order valence-corrected chi connectivity index (χ0v) is 12.0.